The molecule has 0 radical (unpaired) electrons. The van der Waals surface area contributed by atoms with Crippen molar-refractivity contribution in [3.8, 4) is 0 Å². The number of hydrogen-bond acceptors (Lipinski definition) is 3. The maximum Gasteiger partial charge on any atom is 0.129 e. The minimum atomic E-state index is 0.788. The normalized spacial score (nSPS) is 10.1. The Morgan fingerprint density at radius 2 is 1.81 bits per heavy atom. The van der Waals surface area contributed by atoms with Gasteiger partial charge >= 0.3 is 0 Å². The van der Waals surface area contributed by atoms with Crippen LogP contribution in [0.2, 0.25) is 0 Å². The van der Waals surface area contributed by atoms with Crippen LogP contribution in [-0.4, -0.2) is 9.97 Å². The van der Waals surface area contributed by atoms with Gasteiger partial charge in [-0.15, -0.1) is 0 Å². The molecule has 2 rings (SSSR count). The van der Waals surface area contributed by atoms with Gasteiger partial charge in [0.2, 0.25) is 0 Å². The molecule has 0 aliphatic rings. The molecule has 0 saturated heterocycles. The molecule has 2 aromatic rings. The van der Waals surface area contributed by atoms with Crippen molar-refractivity contribution in [1.82, 2.24) is 9.97 Å². The molecule has 1 heterocycles. The van der Waals surface area contributed by atoms with Gasteiger partial charge in [0.25, 0.3) is 0 Å². The summed E-state index contributed by atoms with van der Waals surface area (Å²) in [4.78, 5) is 8.21. The zero-order chi connectivity index (χ0) is 11.4. The zero-order valence-electron chi connectivity index (χ0n) is 9.57. The van der Waals surface area contributed by atoms with Crippen LogP contribution in [0.5, 0.6) is 0 Å². The summed E-state index contributed by atoms with van der Waals surface area (Å²) in [6, 6.07) is 10.4. The highest BCUT2D eigenvalue weighted by atomic mass is 15.0. The Morgan fingerprint density at radius 3 is 2.50 bits per heavy atom. The second kappa shape index (κ2) is 4.75. The van der Waals surface area contributed by atoms with E-state index in [9.17, 15) is 0 Å². The van der Waals surface area contributed by atoms with Crippen molar-refractivity contribution >= 4 is 5.82 Å². The smallest absolute Gasteiger partial charge is 0.129 e. The van der Waals surface area contributed by atoms with Gasteiger partial charge in [-0.05, 0) is 19.4 Å². The lowest BCUT2D eigenvalue weighted by Gasteiger charge is -2.06. The number of aromatic nitrogens is 2. The summed E-state index contributed by atoms with van der Waals surface area (Å²) in [5.74, 6) is 0.869. The predicted octanol–water partition coefficient (Wildman–Crippen LogP) is 2.71. The van der Waals surface area contributed by atoms with Crippen LogP contribution in [-0.2, 0) is 6.54 Å². The molecular weight excluding hydrogens is 198 g/mol. The minimum Gasteiger partial charge on any atom is -0.366 e. The second-order valence-corrected chi connectivity index (χ2v) is 3.88. The molecule has 16 heavy (non-hydrogen) atoms. The Balaban J connectivity index is 1.99. The highest BCUT2D eigenvalue weighted by Gasteiger charge is 1.95. The molecule has 82 valence electrons. The van der Waals surface area contributed by atoms with Crippen LogP contribution >= 0.6 is 0 Å². The Kier molecular flexibility index (Phi) is 3.15. The topological polar surface area (TPSA) is 37.8 Å². The van der Waals surface area contributed by atoms with E-state index >= 15 is 0 Å². The zero-order valence-corrected chi connectivity index (χ0v) is 9.57. The lowest BCUT2D eigenvalue weighted by atomic mass is 10.1. The highest BCUT2D eigenvalue weighted by molar-refractivity contribution is 5.36. The van der Waals surface area contributed by atoms with Gasteiger partial charge < -0.3 is 5.32 Å². The molecule has 1 N–H and O–H groups in total. The highest BCUT2D eigenvalue weighted by Crippen LogP contribution is 2.07. The van der Waals surface area contributed by atoms with Crippen molar-refractivity contribution < 1.29 is 0 Å². The summed E-state index contributed by atoms with van der Waals surface area (Å²) in [7, 11) is 0. The summed E-state index contributed by atoms with van der Waals surface area (Å²) < 4.78 is 0. The molecule has 0 unspecified atom stereocenters. The summed E-state index contributed by atoms with van der Waals surface area (Å²) >= 11 is 0. The number of aryl methyl sites for hydroxylation is 2. The van der Waals surface area contributed by atoms with Crippen LogP contribution in [0.3, 0.4) is 0 Å². The Morgan fingerprint density at radius 1 is 1.06 bits per heavy atom. The van der Waals surface area contributed by atoms with Gasteiger partial charge in [-0.3, -0.25) is 0 Å². The van der Waals surface area contributed by atoms with E-state index in [2.05, 4.69) is 46.5 Å². The molecule has 0 amide bonds. The van der Waals surface area contributed by atoms with E-state index in [1.54, 1.807) is 6.33 Å². The van der Waals surface area contributed by atoms with Crippen LogP contribution in [0.25, 0.3) is 0 Å². The van der Waals surface area contributed by atoms with E-state index in [4.69, 9.17) is 0 Å². The molecular formula is C13H15N3. The first-order chi connectivity index (χ1) is 7.74. The average molecular weight is 213 g/mol. The number of hydrogen-bond donors (Lipinski definition) is 1. The summed E-state index contributed by atoms with van der Waals surface area (Å²) in [5.41, 5.74) is 3.50. The molecule has 0 aliphatic heterocycles. The Hall–Kier alpha value is -1.90. The monoisotopic (exact) mass is 213 g/mol. The fraction of sp³-hybridized carbons (Fsp3) is 0.231. The number of anilines is 1. The first-order valence-corrected chi connectivity index (χ1v) is 5.32. The number of benzene rings is 1. The van der Waals surface area contributed by atoms with E-state index in [0.29, 0.717) is 0 Å². The average Bonchev–Trinajstić information content (AvgIpc) is 2.28. The van der Waals surface area contributed by atoms with Crippen LogP contribution < -0.4 is 5.32 Å². The fourth-order valence-corrected chi connectivity index (χ4v) is 1.45. The van der Waals surface area contributed by atoms with E-state index in [1.165, 1.54) is 11.1 Å². The van der Waals surface area contributed by atoms with Crippen LogP contribution in [0.4, 0.5) is 5.82 Å². The van der Waals surface area contributed by atoms with Crippen molar-refractivity contribution in [3.05, 3.63) is 53.5 Å². The van der Waals surface area contributed by atoms with Crippen molar-refractivity contribution in [3.63, 3.8) is 0 Å². The number of nitrogens with one attached hydrogen (secondary N) is 1. The van der Waals surface area contributed by atoms with Crippen molar-refractivity contribution in [2.75, 3.05) is 5.32 Å². The molecule has 1 aromatic heterocycles. The first-order valence-electron chi connectivity index (χ1n) is 5.32. The quantitative estimate of drug-likeness (QED) is 0.851. The third-order valence-electron chi connectivity index (χ3n) is 2.40. The van der Waals surface area contributed by atoms with Gasteiger partial charge in [-0.1, -0.05) is 29.8 Å². The van der Waals surface area contributed by atoms with Crippen molar-refractivity contribution in [1.29, 1.82) is 0 Å². The number of nitrogens with zero attached hydrogens (tertiary/aromatic N) is 2. The SMILES string of the molecule is Cc1ccc(CNc2cc(C)ncn2)cc1. The van der Waals surface area contributed by atoms with E-state index < -0.39 is 0 Å². The predicted molar refractivity (Wildman–Crippen MR) is 65.3 cm³/mol. The molecule has 0 atom stereocenters. The summed E-state index contributed by atoms with van der Waals surface area (Å²) in [5, 5.41) is 3.27. The molecule has 0 saturated carbocycles. The third-order valence-corrected chi connectivity index (χ3v) is 2.40. The minimum absolute atomic E-state index is 0.788. The lowest BCUT2D eigenvalue weighted by molar-refractivity contribution is 1.05. The molecule has 1 aromatic carbocycles. The van der Waals surface area contributed by atoms with Crippen molar-refractivity contribution in [2.24, 2.45) is 0 Å². The third kappa shape index (κ3) is 2.79. The second-order valence-electron chi connectivity index (χ2n) is 3.88. The van der Waals surface area contributed by atoms with Crippen LogP contribution in [0, 0.1) is 13.8 Å². The molecule has 0 spiro atoms. The van der Waals surface area contributed by atoms with Gasteiger partial charge in [-0.2, -0.15) is 0 Å². The van der Waals surface area contributed by atoms with Gasteiger partial charge in [0.05, 0.1) is 0 Å². The van der Waals surface area contributed by atoms with Gasteiger partial charge in [0.1, 0.15) is 12.1 Å². The first kappa shape index (κ1) is 10.6. The van der Waals surface area contributed by atoms with E-state index in [-0.39, 0.29) is 0 Å². The maximum absolute atomic E-state index is 4.15. The fourth-order valence-electron chi connectivity index (χ4n) is 1.45. The van der Waals surface area contributed by atoms with Crippen molar-refractivity contribution in [2.45, 2.75) is 20.4 Å². The van der Waals surface area contributed by atoms with Gasteiger partial charge in [0, 0.05) is 18.3 Å². The Labute approximate surface area is 95.6 Å². The molecule has 3 heteroatoms. The lowest BCUT2D eigenvalue weighted by Crippen LogP contribution is -2.01. The van der Waals surface area contributed by atoms with E-state index in [0.717, 1.165) is 18.1 Å². The van der Waals surface area contributed by atoms with Crippen LogP contribution in [0.15, 0.2) is 36.7 Å². The molecule has 3 nitrogen and oxygen atoms in total. The summed E-state index contributed by atoms with van der Waals surface area (Å²) in [6.07, 6.45) is 1.58. The Bertz CT molecular complexity index is 463. The molecule has 0 bridgehead atoms. The van der Waals surface area contributed by atoms with E-state index in [1.807, 2.05) is 13.0 Å². The summed E-state index contributed by atoms with van der Waals surface area (Å²) in [6.45, 7) is 4.83. The van der Waals surface area contributed by atoms with Gasteiger partial charge in [0.15, 0.2) is 0 Å². The van der Waals surface area contributed by atoms with Gasteiger partial charge in [-0.25, -0.2) is 9.97 Å². The maximum atomic E-state index is 4.15. The molecule has 0 fully saturated rings. The molecule has 0 aliphatic carbocycles. The van der Waals surface area contributed by atoms with Crippen LogP contribution in [0.1, 0.15) is 16.8 Å². The number of rotatable bonds is 3. The standard InChI is InChI=1S/C13H15N3/c1-10-3-5-12(6-4-10)8-14-13-7-11(2)15-9-16-13/h3-7,9H,8H2,1-2H3,(H,14,15,16). The largest absolute Gasteiger partial charge is 0.366 e.